The summed E-state index contributed by atoms with van der Waals surface area (Å²) in [6.07, 6.45) is 4.35. The van der Waals surface area contributed by atoms with Crippen LogP contribution in [-0.4, -0.2) is 38.0 Å². The zero-order chi connectivity index (χ0) is 15.5. The Morgan fingerprint density at radius 1 is 1.41 bits per heavy atom. The molecule has 0 saturated heterocycles. The van der Waals surface area contributed by atoms with Gasteiger partial charge in [0.05, 0.1) is 10.4 Å². The van der Waals surface area contributed by atoms with Crippen LogP contribution >= 0.6 is 11.3 Å². The maximum Gasteiger partial charge on any atom is 0.188 e. The van der Waals surface area contributed by atoms with E-state index < -0.39 is 0 Å². The highest BCUT2D eigenvalue weighted by molar-refractivity contribution is 7.22. The SMILES string of the molecule is Cc1nn(C)c2nc(N(CCCO)Cc3cccnc3)sc12. The van der Waals surface area contributed by atoms with E-state index in [1.165, 1.54) is 0 Å². The lowest BCUT2D eigenvalue weighted by atomic mass is 10.2. The van der Waals surface area contributed by atoms with Gasteiger partial charge in [-0.3, -0.25) is 4.98 Å². The minimum absolute atomic E-state index is 0.176. The second-order valence-corrected chi connectivity index (χ2v) is 6.20. The van der Waals surface area contributed by atoms with Crippen LogP contribution in [-0.2, 0) is 13.6 Å². The zero-order valence-corrected chi connectivity index (χ0v) is 13.5. The average molecular weight is 317 g/mol. The van der Waals surface area contributed by atoms with E-state index in [0.29, 0.717) is 6.42 Å². The van der Waals surface area contributed by atoms with E-state index in [9.17, 15) is 0 Å². The van der Waals surface area contributed by atoms with Gasteiger partial charge in [-0.2, -0.15) is 5.10 Å². The van der Waals surface area contributed by atoms with Crippen LogP contribution in [0.4, 0.5) is 5.13 Å². The fraction of sp³-hybridized carbons (Fsp3) is 0.400. The van der Waals surface area contributed by atoms with E-state index in [2.05, 4.69) is 21.0 Å². The molecule has 0 aliphatic heterocycles. The lowest BCUT2D eigenvalue weighted by Crippen LogP contribution is -2.24. The molecular formula is C15H19N5OS. The minimum Gasteiger partial charge on any atom is -0.396 e. The van der Waals surface area contributed by atoms with Crippen molar-refractivity contribution in [2.75, 3.05) is 18.1 Å². The summed E-state index contributed by atoms with van der Waals surface area (Å²) in [6.45, 7) is 3.68. The van der Waals surface area contributed by atoms with Crippen LogP contribution in [0.3, 0.4) is 0 Å². The highest BCUT2D eigenvalue weighted by Crippen LogP contribution is 2.31. The number of hydrogen-bond acceptors (Lipinski definition) is 6. The van der Waals surface area contributed by atoms with Gasteiger partial charge in [0.2, 0.25) is 0 Å². The van der Waals surface area contributed by atoms with Gasteiger partial charge >= 0.3 is 0 Å². The monoisotopic (exact) mass is 317 g/mol. The molecule has 0 saturated carbocycles. The van der Waals surface area contributed by atoms with Crippen molar-refractivity contribution >= 4 is 26.8 Å². The summed E-state index contributed by atoms with van der Waals surface area (Å²) in [6, 6.07) is 3.99. The molecule has 7 heteroatoms. The number of aliphatic hydroxyl groups is 1. The van der Waals surface area contributed by atoms with Crippen LogP contribution < -0.4 is 4.90 Å². The second kappa shape index (κ2) is 6.41. The van der Waals surface area contributed by atoms with Gasteiger partial charge in [0.15, 0.2) is 10.8 Å². The number of fused-ring (bicyclic) bond motifs is 1. The topological polar surface area (TPSA) is 67.1 Å². The normalized spacial score (nSPS) is 11.2. The van der Waals surface area contributed by atoms with Crippen LogP contribution in [0.2, 0.25) is 0 Å². The Kier molecular flexibility index (Phi) is 4.35. The van der Waals surface area contributed by atoms with Crippen molar-refractivity contribution in [3.63, 3.8) is 0 Å². The third-order valence-corrected chi connectivity index (χ3v) is 4.70. The Balaban J connectivity index is 1.91. The van der Waals surface area contributed by atoms with Gasteiger partial charge in [0, 0.05) is 39.1 Å². The Morgan fingerprint density at radius 2 is 2.27 bits per heavy atom. The maximum absolute atomic E-state index is 9.15. The van der Waals surface area contributed by atoms with Crippen molar-refractivity contribution in [2.45, 2.75) is 19.9 Å². The third kappa shape index (κ3) is 2.95. The summed E-state index contributed by atoms with van der Waals surface area (Å²) in [7, 11) is 1.91. The summed E-state index contributed by atoms with van der Waals surface area (Å²) in [5, 5.41) is 14.5. The van der Waals surface area contributed by atoms with Crippen LogP contribution in [0.25, 0.3) is 10.3 Å². The lowest BCUT2D eigenvalue weighted by molar-refractivity contribution is 0.289. The molecule has 0 radical (unpaired) electrons. The molecule has 6 nitrogen and oxygen atoms in total. The Morgan fingerprint density at radius 3 is 2.95 bits per heavy atom. The molecule has 116 valence electrons. The molecular weight excluding hydrogens is 298 g/mol. The summed E-state index contributed by atoms with van der Waals surface area (Å²) >= 11 is 1.65. The van der Waals surface area contributed by atoms with Gasteiger partial charge in [-0.15, -0.1) is 0 Å². The number of anilines is 1. The third-order valence-electron chi connectivity index (χ3n) is 3.49. The van der Waals surface area contributed by atoms with Gasteiger partial charge in [-0.25, -0.2) is 9.67 Å². The van der Waals surface area contributed by atoms with Crippen molar-refractivity contribution in [3.8, 4) is 0 Å². The molecule has 3 aromatic rings. The summed E-state index contributed by atoms with van der Waals surface area (Å²) < 4.78 is 2.94. The van der Waals surface area contributed by atoms with Gasteiger partial charge in [0.25, 0.3) is 0 Å². The molecule has 0 aliphatic carbocycles. The van der Waals surface area contributed by atoms with Crippen LogP contribution in [0.1, 0.15) is 17.7 Å². The maximum atomic E-state index is 9.15. The Labute approximate surface area is 133 Å². The van der Waals surface area contributed by atoms with Crippen molar-refractivity contribution in [1.29, 1.82) is 0 Å². The number of nitrogens with zero attached hydrogens (tertiary/aromatic N) is 5. The lowest BCUT2D eigenvalue weighted by Gasteiger charge is -2.21. The minimum atomic E-state index is 0.176. The predicted molar refractivity (Wildman–Crippen MR) is 88.1 cm³/mol. The van der Waals surface area contributed by atoms with Gasteiger partial charge in [-0.1, -0.05) is 17.4 Å². The highest BCUT2D eigenvalue weighted by atomic mass is 32.1. The van der Waals surface area contributed by atoms with Crippen molar-refractivity contribution < 1.29 is 5.11 Å². The number of aromatic nitrogens is 4. The number of thiazole rings is 1. The van der Waals surface area contributed by atoms with Crippen molar-refractivity contribution in [1.82, 2.24) is 19.7 Å². The molecule has 0 amide bonds. The molecule has 0 spiro atoms. The Bertz CT molecular complexity index is 717. The van der Waals surface area contributed by atoms with Gasteiger partial charge < -0.3 is 10.0 Å². The first-order chi connectivity index (χ1) is 10.7. The number of rotatable bonds is 6. The first kappa shape index (κ1) is 14.9. The average Bonchev–Trinajstić information content (AvgIpc) is 3.07. The molecule has 0 aliphatic rings. The number of aryl methyl sites for hydroxylation is 2. The molecule has 3 aromatic heterocycles. The molecule has 3 rings (SSSR count). The molecule has 0 aromatic carbocycles. The van der Waals surface area contributed by atoms with Gasteiger partial charge in [-0.05, 0) is 25.0 Å². The number of hydrogen-bond donors (Lipinski definition) is 1. The van der Waals surface area contributed by atoms with E-state index in [4.69, 9.17) is 10.1 Å². The zero-order valence-electron chi connectivity index (χ0n) is 12.7. The summed E-state index contributed by atoms with van der Waals surface area (Å²) in [4.78, 5) is 11.1. The molecule has 0 bridgehead atoms. The number of pyridine rings is 1. The fourth-order valence-electron chi connectivity index (χ4n) is 2.43. The van der Waals surface area contributed by atoms with E-state index in [1.54, 1.807) is 17.5 Å². The summed E-state index contributed by atoms with van der Waals surface area (Å²) in [5.41, 5.74) is 3.05. The van der Waals surface area contributed by atoms with Crippen molar-refractivity contribution in [3.05, 3.63) is 35.8 Å². The molecule has 1 N–H and O–H groups in total. The van der Waals surface area contributed by atoms with Crippen LogP contribution in [0, 0.1) is 6.92 Å². The summed E-state index contributed by atoms with van der Waals surface area (Å²) in [5.74, 6) is 0. The molecule has 0 atom stereocenters. The van der Waals surface area contributed by atoms with E-state index in [0.717, 1.165) is 39.8 Å². The molecule has 22 heavy (non-hydrogen) atoms. The van der Waals surface area contributed by atoms with Crippen LogP contribution in [0.5, 0.6) is 0 Å². The Hall–Kier alpha value is -1.99. The highest BCUT2D eigenvalue weighted by Gasteiger charge is 2.16. The largest absolute Gasteiger partial charge is 0.396 e. The van der Waals surface area contributed by atoms with Gasteiger partial charge in [0.1, 0.15) is 0 Å². The smallest absolute Gasteiger partial charge is 0.188 e. The second-order valence-electron chi connectivity index (χ2n) is 5.22. The standard InChI is InChI=1S/C15H19N5OS/c1-11-13-14(19(2)18-11)17-15(22-13)20(7-4-8-21)10-12-5-3-6-16-9-12/h3,5-6,9,21H,4,7-8,10H2,1-2H3. The van der Waals surface area contributed by atoms with Crippen LogP contribution in [0.15, 0.2) is 24.5 Å². The molecule has 3 heterocycles. The van der Waals surface area contributed by atoms with E-state index >= 15 is 0 Å². The molecule has 0 fully saturated rings. The fourth-order valence-corrected chi connectivity index (χ4v) is 3.48. The van der Waals surface area contributed by atoms with E-state index in [-0.39, 0.29) is 6.61 Å². The first-order valence-electron chi connectivity index (χ1n) is 7.24. The van der Waals surface area contributed by atoms with Crippen molar-refractivity contribution in [2.24, 2.45) is 7.05 Å². The van der Waals surface area contributed by atoms with E-state index in [1.807, 2.05) is 30.9 Å². The number of aliphatic hydroxyl groups excluding tert-OH is 1. The first-order valence-corrected chi connectivity index (χ1v) is 8.05. The molecule has 0 unspecified atom stereocenters. The predicted octanol–water partition coefficient (Wildman–Crippen LogP) is 2.12. The quantitative estimate of drug-likeness (QED) is 0.754.